The molecular formula is C19H19NO3. The van der Waals surface area contributed by atoms with Crippen molar-refractivity contribution in [3.63, 3.8) is 0 Å². The van der Waals surface area contributed by atoms with Crippen LogP contribution in [0.3, 0.4) is 0 Å². The fourth-order valence-electron chi connectivity index (χ4n) is 3.20. The standard InChI is InChI=1S/C19H19NO3/c1-13(14-7-3-2-4-8-14)18(21)20-12-11-15-9-5-6-10-16(15)17(20)19(22)23/h2-10,13,17H,11-12H2,1H3,(H,22,23)/t13-,17?/m0/s1. The molecule has 0 aliphatic carbocycles. The summed E-state index contributed by atoms with van der Waals surface area (Å²) in [5, 5.41) is 9.66. The number of rotatable bonds is 3. The van der Waals surface area contributed by atoms with Crippen LogP contribution >= 0.6 is 0 Å². The van der Waals surface area contributed by atoms with Gasteiger partial charge < -0.3 is 10.0 Å². The Balaban J connectivity index is 1.93. The fourth-order valence-corrected chi connectivity index (χ4v) is 3.20. The third-order valence-corrected chi connectivity index (χ3v) is 4.47. The Bertz CT molecular complexity index is 726. The molecule has 23 heavy (non-hydrogen) atoms. The second-order valence-corrected chi connectivity index (χ2v) is 5.85. The van der Waals surface area contributed by atoms with Crippen molar-refractivity contribution in [2.24, 2.45) is 0 Å². The zero-order valence-electron chi connectivity index (χ0n) is 13.0. The van der Waals surface area contributed by atoms with Crippen molar-refractivity contribution < 1.29 is 14.7 Å². The lowest BCUT2D eigenvalue weighted by molar-refractivity contribution is -0.151. The molecule has 1 aliphatic rings. The van der Waals surface area contributed by atoms with Crippen molar-refractivity contribution in [1.29, 1.82) is 0 Å². The maximum Gasteiger partial charge on any atom is 0.331 e. The minimum Gasteiger partial charge on any atom is -0.479 e. The zero-order valence-corrected chi connectivity index (χ0v) is 13.0. The molecule has 1 heterocycles. The molecule has 3 rings (SSSR count). The van der Waals surface area contributed by atoms with Crippen molar-refractivity contribution >= 4 is 11.9 Å². The molecule has 0 bridgehead atoms. The van der Waals surface area contributed by atoms with Crippen LogP contribution in [-0.2, 0) is 16.0 Å². The van der Waals surface area contributed by atoms with E-state index in [2.05, 4.69) is 0 Å². The highest BCUT2D eigenvalue weighted by atomic mass is 16.4. The number of amides is 1. The fraction of sp³-hybridized carbons (Fsp3) is 0.263. The van der Waals surface area contributed by atoms with E-state index in [0.29, 0.717) is 13.0 Å². The molecule has 1 unspecified atom stereocenters. The van der Waals surface area contributed by atoms with Crippen molar-refractivity contribution in [2.45, 2.75) is 25.3 Å². The summed E-state index contributed by atoms with van der Waals surface area (Å²) in [6, 6.07) is 16.0. The Morgan fingerprint density at radius 2 is 1.74 bits per heavy atom. The number of hydrogen-bond donors (Lipinski definition) is 1. The Hall–Kier alpha value is -2.62. The van der Waals surface area contributed by atoms with E-state index in [0.717, 1.165) is 16.7 Å². The summed E-state index contributed by atoms with van der Waals surface area (Å²) in [5.74, 6) is -1.48. The number of carboxylic acids is 1. The summed E-state index contributed by atoms with van der Waals surface area (Å²) in [6.45, 7) is 2.26. The van der Waals surface area contributed by atoms with Crippen LogP contribution in [0.4, 0.5) is 0 Å². The molecule has 2 aromatic carbocycles. The average Bonchev–Trinajstić information content (AvgIpc) is 2.60. The lowest BCUT2D eigenvalue weighted by Gasteiger charge is -2.36. The predicted octanol–water partition coefficient (Wildman–Crippen LogP) is 3.00. The van der Waals surface area contributed by atoms with E-state index < -0.39 is 12.0 Å². The van der Waals surface area contributed by atoms with Crippen LogP contribution < -0.4 is 0 Å². The predicted molar refractivity (Wildman–Crippen MR) is 87.1 cm³/mol. The van der Waals surface area contributed by atoms with E-state index in [-0.39, 0.29) is 11.8 Å². The number of hydrogen-bond acceptors (Lipinski definition) is 2. The first kappa shape index (κ1) is 15.3. The Kier molecular flexibility index (Phi) is 4.15. The number of nitrogens with zero attached hydrogens (tertiary/aromatic N) is 1. The molecule has 0 fully saturated rings. The smallest absolute Gasteiger partial charge is 0.331 e. The van der Waals surface area contributed by atoms with E-state index in [1.165, 1.54) is 4.90 Å². The molecule has 1 amide bonds. The minimum absolute atomic E-state index is 0.141. The average molecular weight is 309 g/mol. The molecule has 2 atom stereocenters. The first-order valence-corrected chi connectivity index (χ1v) is 7.75. The highest BCUT2D eigenvalue weighted by Crippen LogP contribution is 2.32. The van der Waals surface area contributed by atoms with Crippen LogP contribution in [0.5, 0.6) is 0 Å². The Labute approximate surface area is 135 Å². The number of carbonyl (C=O) groups excluding carboxylic acids is 1. The van der Waals surface area contributed by atoms with Crippen molar-refractivity contribution in [3.8, 4) is 0 Å². The van der Waals surface area contributed by atoms with Gasteiger partial charge in [0, 0.05) is 6.54 Å². The summed E-state index contributed by atoms with van der Waals surface area (Å²) in [7, 11) is 0. The third kappa shape index (κ3) is 2.84. The molecule has 4 nitrogen and oxygen atoms in total. The maximum atomic E-state index is 12.9. The molecule has 0 saturated carbocycles. The largest absolute Gasteiger partial charge is 0.479 e. The van der Waals surface area contributed by atoms with Gasteiger partial charge in [-0.3, -0.25) is 4.79 Å². The van der Waals surface area contributed by atoms with Crippen molar-refractivity contribution in [3.05, 3.63) is 71.3 Å². The quantitative estimate of drug-likeness (QED) is 0.948. The number of aliphatic carboxylic acids is 1. The molecule has 0 aromatic heterocycles. The third-order valence-electron chi connectivity index (χ3n) is 4.47. The number of fused-ring (bicyclic) bond motifs is 1. The van der Waals surface area contributed by atoms with Crippen molar-refractivity contribution in [1.82, 2.24) is 4.90 Å². The molecule has 0 saturated heterocycles. The van der Waals surface area contributed by atoms with Crippen LogP contribution in [0.1, 0.15) is 35.6 Å². The zero-order chi connectivity index (χ0) is 16.4. The normalized spacial score (nSPS) is 18.1. The number of carboxylic acid groups (broad SMARTS) is 1. The lowest BCUT2D eigenvalue weighted by atomic mass is 9.90. The Morgan fingerprint density at radius 3 is 2.43 bits per heavy atom. The second-order valence-electron chi connectivity index (χ2n) is 5.85. The SMILES string of the molecule is C[C@H](C(=O)N1CCc2ccccc2C1C(=O)O)c1ccccc1. The first-order valence-electron chi connectivity index (χ1n) is 7.75. The monoisotopic (exact) mass is 309 g/mol. The number of carbonyl (C=O) groups is 2. The molecule has 1 N–H and O–H groups in total. The van der Waals surface area contributed by atoms with Gasteiger partial charge in [-0.25, -0.2) is 4.79 Å². The lowest BCUT2D eigenvalue weighted by Crippen LogP contribution is -2.45. The topological polar surface area (TPSA) is 57.6 Å². The summed E-state index contributed by atoms with van der Waals surface area (Å²) in [6.07, 6.45) is 0.688. The van der Waals surface area contributed by atoms with Gasteiger partial charge in [-0.05, 0) is 30.0 Å². The van der Waals surface area contributed by atoms with Crippen LogP contribution in [0.15, 0.2) is 54.6 Å². The van der Waals surface area contributed by atoms with Crippen LogP contribution in [0, 0.1) is 0 Å². The van der Waals surface area contributed by atoms with Crippen LogP contribution in [0.2, 0.25) is 0 Å². The maximum absolute atomic E-state index is 12.9. The summed E-state index contributed by atoms with van der Waals surface area (Å²) in [5.41, 5.74) is 2.64. The molecular weight excluding hydrogens is 290 g/mol. The highest BCUT2D eigenvalue weighted by molar-refractivity contribution is 5.89. The van der Waals surface area contributed by atoms with E-state index in [1.807, 2.05) is 55.5 Å². The molecule has 1 aliphatic heterocycles. The molecule has 2 aromatic rings. The summed E-state index contributed by atoms with van der Waals surface area (Å²) >= 11 is 0. The summed E-state index contributed by atoms with van der Waals surface area (Å²) < 4.78 is 0. The van der Waals surface area contributed by atoms with Gasteiger partial charge in [0.2, 0.25) is 5.91 Å². The Morgan fingerprint density at radius 1 is 1.09 bits per heavy atom. The van der Waals surface area contributed by atoms with Crippen LogP contribution in [-0.4, -0.2) is 28.4 Å². The van der Waals surface area contributed by atoms with Gasteiger partial charge in [-0.1, -0.05) is 54.6 Å². The van der Waals surface area contributed by atoms with Gasteiger partial charge in [-0.2, -0.15) is 0 Å². The van der Waals surface area contributed by atoms with E-state index in [9.17, 15) is 14.7 Å². The van der Waals surface area contributed by atoms with Gasteiger partial charge in [0.05, 0.1) is 5.92 Å². The van der Waals surface area contributed by atoms with E-state index in [4.69, 9.17) is 0 Å². The first-order chi connectivity index (χ1) is 11.1. The summed E-state index contributed by atoms with van der Waals surface area (Å²) in [4.78, 5) is 26.2. The minimum atomic E-state index is -0.981. The highest BCUT2D eigenvalue weighted by Gasteiger charge is 2.37. The van der Waals surface area contributed by atoms with Gasteiger partial charge in [0.15, 0.2) is 6.04 Å². The molecule has 118 valence electrons. The van der Waals surface area contributed by atoms with Gasteiger partial charge in [0.25, 0.3) is 0 Å². The molecule has 0 radical (unpaired) electrons. The van der Waals surface area contributed by atoms with Gasteiger partial charge >= 0.3 is 5.97 Å². The molecule has 4 heteroatoms. The van der Waals surface area contributed by atoms with Crippen molar-refractivity contribution in [2.75, 3.05) is 6.54 Å². The molecule has 0 spiro atoms. The van der Waals surface area contributed by atoms with Gasteiger partial charge in [-0.15, -0.1) is 0 Å². The van der Waals surface area contributed by atoms with Crippen LogP contribution in [0.25, 0.3) is 0 Å². The number of benzene rings is 2. The van der Waals surface area contributed by atoms with E-state index >= 15 is 0 Å². The van der Waals surface area contributed by atoms with E-state index in [1.54, 1.807) is 6.07 Å². The second kappa shape index (κ2) is 6.24. The van der Waals surface area contributed by atoms with Gasteiger partial charge in [0.1, 0.15) is 0 Å².